The molecule has 0 aliphatic carbocycles. The van der Waals surface area contributed by atoms with E-state index in [9.17, 15) is 9.00 Å². The highest BCUT2D eigenvalue weighted by molar-refractivity contribution is 7.85. The maximum absolute atomic E-state index is 12.4. The number of para-hydroxylation sites is 1. The Morgan fingerprint density at radius 1 is 1.26 bits per heavy atom. The highest BCUT2D eigenvalue weighted by atomic mass is 32.2. The maximum Gasteiger partial charge on any atom is 0.245 e. The topological polar surface area (TPSA) is 49.4 Å². The molecule has 1 fully saturated rings. The third-order valence-corrected chi connectivity index (χ3v) is 5.11. The number of benzene rings is 1. The monoisotopic (exact) mass is 278 g/mol. The predicted molar refractivity (Wildman–Crippen MR) is 76.6 cm³/mol. The maximum atomic E-state index is 12.4. The van der Waals surface area contributed by atoms with E-state index in [0.717, 1.165) is 18.5 Å². The number of anilines is 1. The van der Waals surface area contributed by atoms with E-state index in [2.05, 4.69) is 11.4 Å². The SMILES string of the molecule is O=C(C1CCc2ccccc2N1)N1CCS(=O)CC1. The van der Waals surface area contributed by atoms with Crippen LogP contribution < -0.4 is 5.32 Å². The van der Waals surface area contributed by atoms with Crippen LogP contribution in [0.15, 0.2) is 24.3 Å². The van der Waals surface area contributed by atoms with Crippen LogP contribution in [-0.2, 0) is 22.0 Å². The van der Waals surface area contributed by atoms with E-state index in [-0.39, 0.29) is 11.9 Å². The summed E-state index contributed by atoms with van der Waals surface area (Å²) in [5.41, 5.74) is 2.36. The first-order chi connectivity index (χ1) is 9.24. The van der Waals surface area contributed by atoms with Gasteiger partial charge in [0.1, 0.15) is 6.04 Å². The Labute approximate surface area is 115 Å². The Kier molecular flexibility index (Phi) is 3.55. The van der Waals surface area contributed by atoms with Crippen LogP contribution in [0.25, 0.3) is 0 Å². The number of carbonyl (C=O) groups is 1. The summed E-state index contributed by atoms with van der Waals surface area (Å²) in [5.74, 6) is 1.40. The summed E-state index contributed by atoms with van der Waals surface area (Å²) in [6.45, 7) is 1.26. The van der Waals surface area contributed by atoms with Gasteiger partial charge in [-0.1, -0.05) is 18.2 Å². The van der Waals surface area contributed by atoms with E-state index in [1.807, 2.05) is 23.1 Å². The molecule has 0 aromatic heterocycles. The van der Waals surface area contributed by atoms with Crippen molar-refractivity contribution in [2.24, 2.45) is 0 Å². The summed E-state index contributed by atoms with van der Waals surface area (Å²) in [7, 11) is -0.733. The van der Waals surface area contributed by atoms with Gasteiger partial charge in [-0.2, -0.15) is 0 Å². The quantitative estimate of drug-likeness (QED) is 0.834. The molecule has 2 heterocycles. The van der Waals surface area contributed by atoms with Crippen LogP contribution in [0.5, 0.6) is 0 Å². The lowest BCUT2D eigenvalue weighted by Gasteiger charge is -2.33. The van der Waals surface area contributed by atoms with Gasteiger partial charge in [-0.25, -0.2) is 0 Å². The number of amides is 1. The molecule has 102 valence electrons. The van der Waals surface area contributed by atoms with Gasteiger partial charge in [0.05, 0.1) is 0 Å². The van der Waals surface area contributed by atoms with Crippen molar-refractivity contribution in [3.05, 3.63) is 29.8 Å². The third kappa shape index (κ3) is 2.66. The highest BCUT2D eigenvalue weighted by Crippen LogP contribution is 2.25. The normalized spacial score (nSPS) is 23.6. The van der Waals surface area contributed by atoms with Gasteiger partial charge in [-0.3, -0.25) is 9.00 Å². The Bertz CT molecular complexity index is 508. The molecule has 1 saturated heterocycles. The molecule has 2 aliphatic heterocycles. The van der Waals surface area contributed by atoms with Crippen LogP contribution in [-0.4, -0.2) is 45.7 Å². The third-order valence-electron chi connectivity index (χ3n) is 3.84. The summed E-state index contributed by atoms with van der Waals surface area (Å²) in [6, 6.07) is 8.03. The number of carbonyl (C=O) groups excluding carboxylic acids is 1. The summed E-state index contributed by atoms with van der Waals surface area (Å²) >= 11 is 0. The van der Waals surface area contributed by atoms with Crippen LogP contribution in [0.2, 0.25) is 0 Å². The molecule has 0 radical (unpaired) electrons. The molecular weight excluding hydrogens is 260 g/mol. The van der Waals surface area contributed by atoms with Crippen molar-refractivity contribution < 1.29 is 9.00 Å². The molecule has 4 nitrogen and oxygen atoms in total. The molecule has 3 rings (SSSR count). The zero-order valence-corrected chi connectivity index (χ0v) is 11.6. The summed E-state index contributed by atoms with van der Waals surface area (Å²) in [6.07, 6.45) is 1.79. The molecule has 1 atom stereocenters. The average Bonchev–Trinajstić information content (AvgIpc) is 2.47. The molecule has 5 heteroatoms. The first-order valence-electron chi connectivity index (χ1n) is 6.72. The van der Waals surface area contributed by atoms with Crippen molar-refractivity contribution in [1.82, 2.24) is 4.90 Å². The fourth-order valence-electron chi connectivity index (χ4n) is 2.70. The van der Waals surface area contributed by atoms with Gasteiger partial charge < -0.3 is 10.2 Å². The van der Waals surface area contributed by atoms with Gasteiger partial charge >= 0.3 is 0 Å². The molecule has 1 aromatic rings. The smallest absolute Gasteiger partial charge is 0.245 e. The molecule has 1 unspecified atom stereocenters. The Morgan fingerprint density at radius 3 is 2.79 bits per heavy atom. The number of hydrogen-bond donors (Lipinski definition) is 1. The number of aryl methyl sites for hydroxylation is 1. The predicted octanol–water partition coefficient (Wildman–Crippen LogP) is 1.00. The first-order valence-corrected chi connectivity index (χ1v) is 8.21. The zero-order chi connectivity index (χ0) is 13.2. The largest absolute Gasteiger partial charge is 0.373 e. The molecule has 2 aliphatic rings. The van der Waals surface area contributed by atoms with Crippen molar-refractivity contribution in [3.63, 3.8) is 0 Å². The summed E-state index contributed by atoms with van der Waals surface area (Å²) in [5, 5.41) is 3.34. The second kappa shape index (κ2) is 5.33. The number of nitrogens with one attached hydrogen (secondary N) is 1. The van der Waals surface area contributed by atoms with E-state index in [1.165, 1.54) is 5.56 Å². The van der Waals surface area contributed by atoms with Gasteiger partial charge in [0, 0.05) is 41.1 Å². The Hall–Kier alpha value is -1.36. The minimum atomic E-state index is -0.733. The van der Waals surface area contributed by atoms with Crippen molar-refractivity contribution in [1.29, 1.82) is 0 Å². The van der Waals surface area contributed by atoms with E-state index < -0.39 is 10.8 Å². The number of rotatable bonds is 1. The minimum Gasteiger partial charge on any atom is -0.373 e. The van der Waals surface area contributed by atoms with Gasteiger partial charge in [0.25, 0.3) is 0 Å². The van der Waals surface area contributed by atoms with Crippen LogP contribution in [0.3, 0.4) is 0 Å². The lowest BCUT2D eigenvalue weighted by Crippen LogP contribution is -2.49. The van der Waals surface area contributed by atoms with Crippen molar-refractivity contribution >= 4 is 22.4 Å². The zero-order valence-electron chi connectivity index (χ0n) is 10.8. The minimum absolute atomic E-state index is 0.124. The van der Waals surface area contributed by atoms with E-state index in [0.29, 0.717) is 24.6 Å². The van der Waals surface area contributed by atoms with E-state index in [1.54, 1.807) is 0 Å². The highest BCUT2D eigenvalue weighted by Gasteiger charge is 2.29. The molecule has 1 N–H and O–H groups in total. The Balaban J connectivity index is 1.67. The van der Waals surface area contributed by atoms with Crippen LogP contribution in [0, 0.1) is 0 Å². The van der Waals surface area contributed by atoms with Crippen molar-refractivity contribution in [3.8, 4) is 0 Å². The molecule has 1 aromatic carbocycles. The van der Waals surface area contributed by atoms with Gasteiger partial charge in [-0.05, 0) is 24.5 Å². The lowest BCUT2D eigenvalue weighted by atomic mass is 9.97. The number of hydrogen-bond acceptors (Lipinski definition) is 3. The first kappa shape index (κ1) is 12.7. The number of nitrogens with zero attached hydrogens (tertiary/aromatic N) is 1. The second-order valence-corrected chi connectivity index (χ2v) is 6.76. The van der Waals surface area contributed by atoms with Gasteiger partial charge in [0.15, 0.2) is 0 Å². The summed E-state index contributed by atoms with van der Waals surface area (Å²) < 4.78 is 11.3. The van der Waals surface area contributed by atoms with Gasteiger partial charge in [0.2, 0.25) is 5.91 Å². The molecular formula is C14H18N2O2S. The average molecular weight is 278 g/mol. The van der Waals surface area contributed by atoms with E-state index >= 15 is 0 Å². The Morgan fingerprint density at radius 2 is 2.00 bits per heavy atom. The molecule has 0 bridgehead atoms. The van der Waals surface area contributed by atoms with Gasteiger partial charge in [-0.15, -0.1) is 0 Å². The fraction of sp³-hybridized carbons (Fsp3) is 0.500. The fourth-order valence-corrected chi connectivity index (χ4v) is 3.75. The van der Waals surface area contributed by atoms with Crippen molar-refractivity contribution in [2.75, 3.05) is 29.9 Å². The van der Waals surface area contributed by atoms with Crippen LogP contribution in [0.4, 0.5) is 5.69 Å². The van der Waals surface area contributed by atoms with Crippen molar-refractivity contribution in [2.45, 2.75) is 18.9 Å². The molecule has 0 saturated carbocycles. The second-order valence-electron chi connectivity index (χ2n) is 5.07. The number of fused-ring (bicyclic) bond motifs is 1. The molecule has 19 heavy (non-hydrogen) atoms. The summed E-state index contributed by atoms with van der Waals surface area (Å²) in [4.78, 5) is 14.3. The lowest BCUT2D eigenvalue weighted by molar-refractivity contribution is -0.131. The van der Waals surface area contributed by atoms with Crippen LogP contribution in [0.1, 0.15) is 12.0 Å². The van der Waals surface area contributed by atoms with Crippen LogP contribution >= 0.6 is 0 Å². The molecule has 1 amide bonds. The molecule has 0 spiro atoms. The standard InChI is InChI=1S/C14H18N2O2S/c17-14(16-7-9-19(18)10-8-16)13-6-5-11-3-1-2-4-12(11)15-13/h1-4,13,15H,5-10H2. The van der Waals surface area contributed by atoms with E-state index in [4.69, 9.17) is 0 Å².